The minimum absolute atomic E-state index is 0.0519. The Kier molecular flexibility index (Phi) is 7.73. The van der Waals surface area contributed by atoms with Crippen LogP contribution >= 0.6 is 0 Å². The van der Waals surface area contributed by atoms with E-state index in [1.165, 1.54) is 20.5 Å². The molecule has 1 fully saturated rings. The Bertz CT molecular complexity index is 1780. The first-order chi connectivity index (χ1) is 21.6. The largest absolute Gasteiger partial charge is 0.493 e. The number of aromatic nitrogens is 4. The minimum atomic E-state index is -0.604. The van der Waals surface area contributed by atoms with E-state index in [0.717, 1.165) is 12.8 Å². The molecule has 236 valence electrons. The van der Waals surface area contributed by atoms with Crippen LogP contribution in [0.5, 0.6) is 23.0 Å². The fraction of sp³-hybridized carbons (Fsp3) is 0.387. The molecule has 2 aliphatic rings. The van der Waals surface area contributed by atoms with E-state index in [9.17, 15) is 9.59 Å². The van der Waals surface area contributed by atoms with Gasteiger partial charge in [0.1, 0.15) is 23.4 Å². The Morgan fingerprint density at radius 2 is 1.82 bits per heavy atom. The van der Waals surface area contributed by atoms with Gasteiger partial charge < -0.3 is 39.6 Å². The second-order valence-corrected chi connectivity index (χ2v) is 11.7. The van der Waals surface area contributed by atoms with Crippen LogP contribution in [-0.2, 0) is 4.74 Å². The van der Waals surface area contributed by atoms with Crippen LogP contribution in [0.3, 0.4) is 0 Å². The molecule has 0 unspecified atom stereocenters. The monoisotopic (exact) mass is 617 g/mol. The number of rotatable bonds is 6. The lowest BCUT2D eigenvalue weighted by Crippen LogP contribution is -2.43. The van der Waals surface area contributed by atoms with Crippen molar-refractivity contribution in [1.82, 2.24) is 24.6 Å². The van der Waals surface area contributed by atoms with Crippen LogP contribution in [-0.4, -0.2) is 76.4 Å². The number of anilines is 2. The molecular formula is C31H35N7O7. The summed E-state index contributed by atoms with van der Waals surface area (Å²) in [5.41, 5.74) is 8.20. The van der Waals surface area contributed by atoms with Crippen LogP contribution in [0.1, 0.15) is 50.0 Å². The van der Waals surface area contributed by atoms with Crippen molar-refractivity contribution in [3.63, 3.8) is 0 Å². The summed E-state index contributed by atoms with van der Waals surface area (Å²) >= 11 is 0. The molecule has 0 bridgehead atoms. The first-order valence-corrected chi connectivity index (χ1v) is 14.5. The summed E-state index contributed by atoms with van der Waals surface area (Å²) in [4.78, 5) is 36.5. The van der Waals surface area contributed by atoms with Gasteiger partial charge in [0.25, 0.3) is 5.91 Å². The van der Waals surface area contributed by atoms with Gasteiger partial charge in [-0.2, -0.15) is 5.10 Å². The van der Waals surface area contributed by atoms with E-state index in [4.69, 9.17) is 34.5 Å². The highest BCUT2D eigenvalue weighted by Gasteiger charge is 2.33. The van der Waals surface area contributed by atoms with Gasteiger partial charge in [-0.05, 0) is 63.9 Å². The number of nitrogen functional groups attached to an aromatic ring is 1. The number of amides is 2. The number of carbonyl (C=O) groups excluding carboxylic acids is 2. The minimum Gasteiger partial charge on any atom is -0.493 e. The Morgan fingerprint density at radius 3 is 2.58 bits per heavy atom. The van der Waals surface area contributed by atoms with Crippen LogP contribution in [0.4, 0.5) is 16.3 Å². The third-order valence-corrected chi connectivity index (χ3v) is 7.58. The van der Waals surface area contributed by atoms with Gasteiger partial charge in [0.2, 0.25) is 6.79 Å². The topological polar surface area (TPSA) is 165 Å². The van der Waals surface area contributed by atoms with E-state index in [1.807, 2.05) is 20.8 Å². The highest BCUT2D eigenvalue weighted by atomic mass is 16.7. The van der Waals surface area contributed by atoms with Gasteiger partial charge in [0.15, 0.2) is 28.6 Å². The molecule has 1 atom stereocenters. The lowest BCUT2D eigenvalue weighted by atomic mass is 10.1. The summed E-state index contributed by atoms with van der Waals surface area (Å²) < 4.78 is 29.8. The Balaban J connectivity index is 1.34. The average molecular weight is 618 g/mol. The molecule has 14 nitrogen and oxygen atoms in total. The van der Waals surface area contributed by atoms with Gasteiger partial charge in [-0.15, -0.1) is 0 Å². The van der Waals surface area contributed by atoms with Crippen LogP contribution in [0.15, 0.2) is 36.7 Å². The Morgan fingerprint density at radius 1 is 1.04 bits per heavy atom. The van der Waals surface area contributed by atoms with E-state index in [1.54, 1.807) is 39.9 Å². The lowest BCUT2D eigenvalue weighted by molar-refractivity contribution is 0.0169. The Labute approximate surface area is 259 Å². The molecule has 2 aromatic carbocycles. The number of fused-ring (bicyclic) bond motifs is 2. The molecule has 45 heavy (non-hydrogen) atoms. The normalized spacial score (nSPS) is 16.0. The van der Waals surface area contributed by atoms with Gasteiger partial charge >= 0.3 is 6.09 Å². The maximum atomic E-state index is 13.2. The van der Waals surface area contributed by atoms with Crippen LogP contribution in [0.25, 0.3) is 22.3 Å². The predicted octanol–water partition coefficient (Wildman–Crippen LogP) is 4.65. The summed E-state index contributed by atoms with van der Waals surface area (Å²) in [5, 5.41) is 8.42. The highest BCUT2D eigenvalue weighted by molar-refractivity contribution is 6.07. The van der Waals surface area contributed by atoms with E-state index < -0.39 is 5.60 Å². The predicted molar refractivity (Wildman–Crippen MR) is 165 cm³/mol. The van der Waals surface area contributed by atoms with Gasteiger partial charge in [0.05, 0.1) is 31.3 Å². The smallest absolute Gasteiger partial charge is 0.410 e. The van der Waals surface area contributed by atoms with Crippen LogP contribution in [0, 0.1) is 0 Å². The number of piperidine rings is 1. The number of benzene rings is 2. The molecule has 0 aliphatic carbocycles. The average Bonchev–Trinajstić information content (AvgIpc) is 3.67. The number of methoxy groups -OCH3 is 2. The van der Waals surface area contributed by atoms with Crippen molar-refractivity contribution in [2.24, 2.45) is 0 Å². The van der Waals surface area contributed by atoms with E-state index >= 15 is 0 Å². The quantitative estimate of drug-likeness (QED) is 0.309. The summed E-state index contributed by atoms with van der Waals surface area (Å²) in [6.07, 6.45) is 2.57. The summed E-state index contributed by atoms with van der Waals surface area (Å²) in [6, 6.07) is 8.22. The number of ether oxygens (including phenoxy) is 5. The summed E-state index contributed by atoms with van der Waals surface area (Å²) in [7, 11) is 3.03. The van der Waals surface area contributed by atoms with Crippen molar-refractivity contribution < 1.29 is 33.3 Å². The fourth-order valence-electron chi connectivity index (χ4n) is 5.54. The first kappa shape index (κ1) is 29.8. The maximum Gasteiger partial charge on any atom is 0.410 e. The molecule has 3 N–H and O–H groups in total. The standard InChI is InChI=1S/C31H35N7O7/c1-31(2,3)45-30(40)37-12-6-7-18(14-37)38-28-23(27(32)33-15-34-28)24(36-38)19-9-10-20(26-25(19)43-16-44-26)35-29(39)17-8-11-21(41-4)22(13-17)42-5/h8-11,13,15,18H,6-7,12,14,16H2,1-5H3,(H,35,39)(H2,32,33,34)/t18-/m1/s1. The number of carbonyl (C=O) groups is 2. The van der Waals surface area contributed by atoms with Gasteiger partial charge in [0, 0.05) is 24.2 Å². The number of nitrogens with one attached hydrogen (secondary N) is 1. The van der Waals surface area contributed by atoms with E-state index in [0.29, 0.717) is 69.6 Å². The molecule has 2 aromatic heterocycles. The highest BCUT2D eigenvalue weighted by Crippen LogP contribution is 2.48. The van der Waals surface area contributed by atoms with E-state index in [-0.39, 0.29) is 30.7 Å². The lowest BCUT2D eigenvalue weighted by Gasteiger charge is -2.34. The molecule has 1 saturated heterocycles. The molecule has 14 heteroatoms. The number of nitrogens with zero attached hydrogens (tertiary/aromatic N) is 5. The number of hydrogen-bond acceptors (Lipinski definition) is 11. The van der Waals surface area contributed by atoms with Crippen molar-refractivity contribution in [3.05, 3.63) is 42.2 Å². The molecular weight excluding hydrogens is 582 g/mol. The number of nitrogens with two attached hydrogens (primary N) is 1. The number of likely N-dealkylation sites (tertiary alicyclic amines) is 1. The van der Waals surface area contributed by atoms with Gasteiger partial charge in [-0.3, -0.25) is 4.79 Å². The third kappa shape index (κ3) is 5.70. The number of hydrogen-bond donors (Lipinski definition) is 2. The van der Waals surface area contributed by atoms with Crippen molar-refractivity contribution in [2.45, 2.75) is 45.3 Å². The van der Waals surface area contributed by atoms with Crippen LogP contribution in [0.2, 0.25) is 0 Å². The molecule has 4 heterocycles. The molecule has 2 amide bonds. The van der Waals surface area contributed by atoms with E-state index in [2.05, 4.69) is 15.3 Å². The van der Waals surface area contributed by atoms with Crippen molar-refractivity contribution in [1.29, 1.82) is 0 Å². The van der Waals surface area contributed by atoms with Gasteiger partial charge in [-0.25, -0.2) is 19.4 Å². The summed E-state index contributed by atoms with van der Waals surface area (Å²) in [6.45, 7) is 6.46. The first-order valence-electron chi connectivity index (χ1n) is 14.5. The molecule has 4 aromatic rings. The van der Waals surface area contributed by atoms with Crippen molar-refractivity contribution in [2.75, 3.05) is 45.2 Å². The van der Waals surface area contributed by atoms with Crippen molar-refractivity contribution in [3.8, 4) is 34.3 Å². The van der Waals surface area contributed by atoms with Crippen LogP contribution < -0.4 is 30.0 Å². The molecule has 0 spiro atoms. The molecule has 2 aliphatic heterocycles. The zero-order chi connectivity index (χ0) is 31.9. The SMILES string of the molecule is COc1ccc(C(=O)Nc2ccc(-c3nn([C@@H]4CCCN(C(=O)OC(C)(C)C)C4)c4ncnc(N)c34)c3c2OCO3)cc1OC. The molecule has 6 rings (SSSR count). The second kappa shape index (κ2) is 11.7. The Hall–Kier alpha value is -5.27. The second-order valence-electron chi connectivity index (χ2n) is 11.7. The van der Waals surface area contributed by atoms with Gasteiger partial charge in [-0.1, -0.05) is 0 Å². The maximum absolute atomic E-state index is 13.2. The zero-order valence-electron chi connectivity index (χ0n) is 25.7. The third-order valence-electron chi connectivity index (χ3n) is 7.58. The zero-order valence-corrected chi connectivity index (χ0v) is 25.7. The van der Waals surface area contributed by atoms with Crippen molar-refractivity contribution >= 4 is 34.5 Å². The molecule has 0 saturated carbocycles. The molecule has 0 radical (unpaired) electrons. The summed E-state index contributed by atoms with van der Waals surface area (Å²) in [5.74, 6) is 1.57. The fourth-order valence-corrected chi connectivity index (χ4v) is 5.54.